The van der Waals surface area contributed by atoms with Gasteiger partial charge in [0.05, 0.1) is 11.6 Å². The zero-order valence-electron chi connectivity index (χ0n) is 13.5. The molecule has 2 aliphatic heterocycles. The molecule has 1 unspecified atom stereocenters. The van der Waals surface area contributed by atoms with E-state index in [1.165, 1.54) is 0 Å². The summed E-state index contributed by atoms with van der Waals surface area (Å²) in [5.41, 5.74) is 0. The van der Waals surface area contributed by atoms with Crippen molar-refractivity contribution in [1.29, 1.82) is 0 Å². The molecular formula is C17H22ClN3O3. The fourth-order valence-corrected chi connectivity index (χ4v) is 3.43. The number of likely N-dealkylation sites (tertiary alicyclic amines) is 1. The number of hydrogen-bond donors (Lipinski definition) is 1. The molecule has 2 heterocycles. The topological polar surface area (TPSA) is 61.9 Å². The molecule has 0 aromatic heterocycles. The van der Waals surface area contributed by atoms with Crippen LogP contribution < -0.4 is 10.1 Å². The number of carbonyl (C=O) groups is 2. The van der Waals surface area contributed by atoms with Gasteiger partial charge in [-0.15, -0.1) is 0 Å². The van der Waals surface area contributed by atoms with E-state index in [0.717, 1.165) is 19.4 Å². The first-order chi connectivity index (χ1) is 11.6. The number of halogens is 1. The Hall–Kier alpha value is -1.79. The van der Waals surface area contributed by atoms with Crippen LogP contribution in [0.3, 0.4) is 0 Å². The summed E-state index contributed by atoms with van der Waals surface area (Å²) < 4.78 is 5.54. The maximum atomic E-state index is 12.4. The van der Waals surface area contributed by atoms with Crippen molar-refractivity contribution < 1.29 is 14.3 Å². The van der Waals surface area contributed by atoms with E-state index in [4.69, 9.17) is 16.3 Å². The van der Waals surface area contributed by atoms with E-state index in [0.29, 0.717) is 37.0 Å². The van der Waals surface area contributed by atoms with Crippen molar-refractivity contribution in [1.82, 2.24) is 15.1 Å². The summed E-state index contributed by atoms with van der Waals surface area (Å²) in [4.78, 5) is 28.2. The van der Waals surface area contributed by atoms with Gasteiger partial charge in [-0.3, -0.25) is 9.59 Å². The van der Waals surface area contributed by atoms with Crippen LogP contribution >= 0.6 is 11.6 Å². The summed E-state index contributed by atoms with van der Waals surface area (Å²) in [6.45, 7) is 3.16. The van der Waals surface area contributed by atoms with Gasteiger partial charge in [0.2, 0.25) is 5.91 Å². The third-order valence-electron chi connectivity index (χ3n) is 4.50. The van der Waals surface area contributed by atoms with Crippen LogP contribution in [-0.4, -0.2) is 67.0 Å². The van der Waals surface area contributed by atoms with Gasteiger partial charge in [-0.05, 0) is 25.0 Å². The van der Waals surface area contributed by atoms with Gasteiger partial charge in [0.15, 0.2) is 6.61 Å². The van der Waals surface area contributed by atoms with Crippen molar-refractivity contribution >= 4 is 23.4 Å². The van der Waals surface area contributed by atoms with Gasteiger partial charge in [0, 0.05) is 32.2 Å². The Morgan fingerprint density at radius 1 is 1.33 bits per heavy atom. The first-order valence-electron chi connectivity index (χ1n) is 8.30. The van der Waals surface area contributed by atoms with Crippen molar-refractivity contribution in [2.45, 2.75) is 18.9 Å². The van der Waals surface area contributed by atoms with Crippen molar-refractivity contribution in [3.05, 3.63) is 29.3 Å². The van der Waals surface area contributed by atoms with Crippen molar-refractivity contribution in [3.8, 4) is 5.75 Å². The van der Waals surface area contributed by atoms with Crippen LogP contribution in [0.15, 0.2) is 24.3 Å². The van der Waals surface area contributed by atoms with Crippen LogP contribution in [0.2, 0.25) is 5.02 Å². The Balaban J connectivity index is 1.55. The van der Waals surface area contributed by atoms with Gasteiger partial charge < -0.3 is 19.9 Å². The largest absolute Gasteiger partial charge is 0.482 e. The summed E-state index contributed by atoms with van der Waals surface area (Å²) in [5, 5.41) is 3.57. The lowest BCUT2D eigenvalue weighted by Crippen LogP contribution is -2.57. The Kier molecular flexibility index (Phi) is 5.58. The number of hydrogen-bond acceptors (Lipinski definition) is 4. The summed E-state index contributed by atoms with van der Waals surface area (Å²) in [6.07, 6.45) is 1.85. The summed E-state index contributed by atoms with van der Waals surface area (Å²) >= 11 is 6.03. The number of para-hydroxylation sites is 1. The molecule has 2 saturated heterocycles. The highest BCUT2D eigenvalue weighted by Gasteiger charge is 2.31. The molecule has 3 rings (SSSR count). The summed E-state index contributed by atoms with van der Waals surface area (Å²) in [7, 11) is 0. The Morgan fingerprint density at radius 2 is 2.17 bits per heavy atom. The van der Waals surface area contributed by atoms with Crippen LogP contribution in [0.4, 0.5) is 0 Å². The van der Waals surface area contributed by atoms with E-state index in [-0.39, 0.29) is 24.5 Å². The molecule has 2 amide bonds. The number of nitrogens with zero attached hydrogens (tertiary/aromatic N) is 2. The number of amides is 2. The molecule has 0 spiro atoms. The Bertz CT molecular complexity index is 610. The highest BCUT2D eigenvalue weighted by atomic mass is 35.5. The van der Waals surface area contributed by atoms with E-state index in [2.05, 4.69) is 5.32 Å². The van der Waals surface area contributed by atoms with Crippen LogP contribution in [0.5, 0.6) is 5.75 Å². The smallest absolute Gasteiger partial charge is 0.260 e. The molecular weight excluding hydrogens is 330 g/mol. The van der Waals surface area contributed by atoms with Crippen LogP contribution in [0, 0.1) is 0 Å². The van der Waals surface area contributed by atoms with Gasteiger partial charge in [0.25, 0.3) is 5.91 Å². The zero-order valence-corrected chi connectivity index (χ0v) is 14.3. The van der Waals surface area contributed by atoms with Crippen LogP contribution in [0.1, 0.15) is 12.8 Å². The van der Waals surface area contributed by atoms with Crippen molar-refractivity contribution in [3.63, 3.8) is 0 Å². The SMILES string of the molecule is O=C(COc1ccccc1Cl)N1CCCC(N2CCNCC2=O)C1. The van der Waals surface area contributed by atoms with Gasteiger partial charge in [-0.25, -0.2) is 0 Å². The molecule has 2 fully saturated rings. The molecule has 130 valence electrons. The van der Waals surface area contributed by atoms with Gasteiger partial charge in [-0.1, -0.05) is 23.7 Å². The third-order valence-corrected chi connectivity index (χ3v) is 4.82. The lowest BCUT2D eigenvalue weighted by Gasteiger charge is -2.41. The minimum Gasteiger partial charge on any atom is -0.482 e. The second-order valence-corrected chi connectivity index (χ2v) is 6.53. The average molecular weight is 352 g/mol. The monoisotopic (exact) mass is 351 g/mol. The number of benzene rings is 1. The molecule has 1 aromatic carbocycles. The second kappa shape index (κ2) is 7.85. The minimum atomic E-state index is -0.0674. The predicted molar refractivity (Wildman–Crippen MR) is 91.1 cm³/mol. The molecule has 2 aliphatic rings. The summed E-state index contributed by atoms with van der Waals surface area (Å²) in [6, 6.07) is 7.22. The molecule has 0 bridgehead atoms. The van der Waals surface area contributed by atoms with Gasteiger partial charge in [-0.2, -0.15) is 0 Å². The first kappa shape index (κ1) is 17.0. The number of nitrogens with one attached hydrogen (secondary N) is 1. The molecule has 24 heavy (non-hydrogen) atoms. The first-order valence-corrected chi connectivity index (χ1v) is 8.68. The predicted octanol–water partition coefficient (Wildman–Crippen LogP) is 1.14. The van der Waals surface area contributed by atoms with E-state index in [1.807, 2.05) is 17.0 Å². The molecule has 1 N–H and O–H groups in total. The molecule has 6 nitrogen and oxygen atoms in total. The lowest BCUT2D eigenvalue weighted by atomic mass is 10.0. The van der Waals surface area contributed by atoms with E-state index in [9.17, 15) is 9.59 Å². The number of carbonyl (C=O) groups excluding carboxylic acids is 2. The summed E-state index contributed by atoms with van der Waals surface area (Å²) in [5.74, 6) is 0.563. The highest BCUT2D eigenvalue weighted by Crippen LogP contribution is 2.23. The standard InChI is InChI=1S/C17H22ClN3O3/c18-14-5-1-2-6-15(14)24-12-17(23)20-8-3-4-13(11-20)21-9-7-19-10-16(21)22/h1-2,5-6,13,19H,3-4,7-12H2. The lowest BCUT2D eigenvalue weighted by molar-refractivity contribution is -0.141. The maximum absolute atomic E-state index is 12.4. The number of rotatable bonds is 4. The van der Waals surface area contributed by atoms with Crippen molar-refractivity contribution in [2.75, 3.05) is 39.3 Å². The fraction of sp³-hybridized carbons (Fsp3) is 0.529. The molecule has 7 heteroatoms. The van der Waals surface area contributed by atoms with E-state index >= 15 is 0 Å². The minimum absolute atomic E-state index is 0.0358. The van der Waals surface area contributed by atoms with Gasteiger partial charge >= 0.3 is 0 Å². The molecule has 1 atom stereocenters. The van der Waals surface area contributed by atoms with E-state index in [1.54, 1.807) is 17.0 Å². The maximum Gasteiger partial charge on any atom is 0.260 e. The normalized spacial score (nSPS) is 21.7. The number of piperidine rings is 1. The number of ether oxygens (including phenoxy) is 1. The quantitative estimate of drug-likeness (QED) is 0.883. The van der Waals surface area contributed by atoms with E-state index < -0.39 is 0 Å². The third kappa shape index (κ3) is 3.99. The zero-order chi connectivity index (χ0) is 16.9. The molecule has 0 aliphatic carbocycles. The molecule has 1 aromatic rings. The second-order valence-electron chi connectivity index (χ2n) is 6.12. The highest BCUT2D eigenvalue weighted by molar-refractivity contribution is 6.32. The van der Waals surface area contributed by atoms with Crippen LogP contribution in [-0.2, 0) is 9.59 Å². The fourth-order valence-electron chi connectivity index (χ4n) is 3.24. The Morgan fingerprint density at radius 3 is 2.96 bits per heavy atom. The number of piperazine rings is 1. The average Bonchev–Trinajstić information content (AvgIpc) is 2.61. The van der Waals surface area contributed by atoms with Crippen LogP contribution in [0.25, 0.3) is 0 Å². The van der Waals surface area contributed by atoms with Gasteiger partial charge in [0.1, 0.15) is 5.75 Å². The molecule has 0 saturated carbocycles. The molecule has 0 radical (unpaired) electrons. The Labute approximate surface area is 146 Å². The van der Waals surface area contributed by atoms with Crippen molar-refractivity contribution in [2.24, 2.45) is 0 Å².